The maximum Gasteiger partial charge on any atom is 0.242 e. The highest BCUT2D eigenvalue weighted by molar-refractivity contribution is 5.81. The first-order valence-electron chi connectivity index (χ1n) is 9.46. The minimum Gasteiger partial charge on any atom is -0.493 e. The fourth-order valence-corrected chi connectivity index (χ4v) is 3.79. The van der Waals surface area contributed by atoms with Crippen molar-refractivity contribution in [1.29, 1.82) is 0 Å². The van der Waals surface area contributed by atoms with Gasteiger partial charge in [0.25, 0.3) is 0 Å². The van der Waals surface area contributed by atoms with E-state index >= 15 is 0 Å². The number of nitrogens with zero attached hydrogens (tertiary/aromatic N) is 1. The monoisotopic (exact) mass is 384 g/mol. The Labute approximate surface area is 166 Å². The van der Waals surface area contributed by atoms with Crippen molar-refractivity contribution in [3.05, 3.63) is 47.5 Å². The summed E-state index contributed by atoms with van der Waals surface area (Å²) in [6, 6.07) is 12.1. The van der Waals surface area contributed by atoms with Crippen LogP contribution in [0.5, 0.6) is 17.2 Å². The molecule has 3 rings (SSSR count). The number of methoxy groups -OCH3 is 3. The predicted molar refractivity (Wildman–Crippen MR) is 109 cm³/mol. The molecule has 6 nitrogen and oxygen atoms in total. The van der Waals surface area contributed by atoms with Crippen molar-refractivity contribution in [3.8, 4) is 17.2 Å². The normalized spacial score (nSPS) is 15.4. The molecule has 1 amide bonds. The van der Waals surface area contributed by atoms with Crippen molar-refractivity contribution in [2.24, 2.45) is 0 Å². The zero-order valence-corrected chi connectivity index (χ0v) is 17.0. The summed E-state index contributed by atoms with van der Waals surface area (Å²) in [4.78, 5) is 14.7. The maximum atomic E-state index is 12.8. The highest BCUT2D eigenvalue weighted by Crippen LogP contribution is 2.40. The van der Waals surface area contributed by atoms with Crippen molar-refractivity contribution in [1.82, 2.24) is 4.90 Å². The van der Waals surface area contributed by atoms with E-state index in [9.17, 15) is 4.79 Å². The molecule has 0 bridgehead atoms. The van der Waals surface area contributed by atoms with E-state index in [4.69, 9.17) is 14.2 Å². The van der Waals surface area contributed by atoms with Gasteiger partial charge in [-0.2, -0.15) is 0 Å². The molecule has 2 aromatic rings. The van der Waals surface area contributed by atoms with Crippen molar-refractivity contribution in [2.75, 3.05) is 40.2 Å². The average molecular weight is 384 g/mol. The lowest BCUT2D eigenvalue weighted by molar-refractivity contribution is -0.130. The molecule has 0 aliphatic heterocycles. The number of nitrogens with one attached hydrogen (secondary N) is 1. The van der Waals surface area contributed by atoms with Crippen LogP contribution in [0.25, 0.3) is 0 Å². The topological polar surface area (TPSA) is 60.0 Å². The van der Waals surface area contributed by atoms with E-state index in [1.165, 1.54) is 11.1 Å². The van der Waals surface area contributed by atoms with E-state index in [1.54, 1.807) is 33.5 Å². The standard InChI is InChI=1S/C22H28N2O4/c1-24(18-11-7-9-15-8-5-6-10-17(15)18)21(25)14-23-16-12-19(26-2)22(28-4)20(13-16)27-3/h5-6,8,10,12-13,18,23H,7,9,11,14H2,1-4H3. The number of carbonyl (C=O) groups is 1. The van der Waals surface area contributed by atoms with E-state index < -0.39 is 0 Å². The number of rotatable bonds is 7. The van der Waals surface area contributed by atoms with Gasteiger partial charge in [-0.05, 0) is 30.4 Å². The number of carbonyl (C=O) groups excluding carboxylic acids is 1. The van der Waals surface area contributed by atoms with Gasteiger partial charge in [0.2, 0.25) is 11.7 Å². The lowest BCUT2D eigenvalue weighted by atomic mass is 9.87. The molecule has 1 unspecified atom stereocenters. The Kier molecular flexibility index (Phi) is 6.29. The van der Waals surface area contributed by atoms with Crippen LogP contribution < -0.4 is 19.5 Å². The number of ether oxygens (including phenoxy) is 3. The fourth-order valence-electron chi connectivity index (χ4n) is 3.79. The summed E-state index contributed by atoms with van der Waals surface area (Å²) in [6.45, 7) is 0.188. The number of anilines is 1. The van der Waals surface area contributed by atoms with Crippen molar-refractivity contribution < 1.29 is 19.0 Å². The number of likely N-dealkylation sites (N-methyl/N-ethyl adjacent to an activating group) is 1. The summed E-state index contributed by atoms with van der Waals surface area (Å²) >= 11 is 0. The molecule has 28 heavy (non-hydrogen) atoms. The summed E-state index contributed by atoms with van der Waals surface area (Å²) < 4.78 is 16.1. The summed E-state index contributed by atoms with van der Waals surface area (Å²) in [5, 5.41) is 3.18. The molecule has 0 saturated carbocycles. The van der Waals surface area contributed by atoms with Crippen LogP contribution in [0.2, 0.25) is 0 Å². The van der Waals surface area contributed by atoms with E-state index in [2.05, 4.69) is 23.5 Å². The van der Waals surface area contributed by atoms with Crippen LogP contribution in [0.15, 0.2) is 36.4 Å². The second kappa shape index (κ2) is 8.87. The highest BCUT2D eigenvalue weighted by atomic mass is 16.5. The van der Waals surface area contributed by atoms with Gasteiger partial charge in [-0.25, -0.2) is 0 Å². The number of benzene rings is 2. The van der Waals surface area contributed by atoms with Crippen LogP contribution in [0, 0.1) is 0 Å². The van der Waals surface area contributed by atoms with Gasteiger partial charge in [-0.3, -0.25) is 4.79 Å². The zero-order valence-electron chi connectivity index (χ0n) is 17.0. The number of amides is 1. The summed E-state index contributed by atoms with van der Waals surface area (Å²) in [5.41, 5.74) is 3.34. The molecule has 1 aliphatic rings. The minimum atomic E-state index is 0.0375. The molecule has 2 aromatic carbocycles. The average Bonchev–Trinajstić information content (AvgIpc) is 2.75. The Bertz CT molecular complexity index is 812. The second-order valence-corrected chi connectivity index (χ2v) is 6.88. The predicted octanol–water partition coefficient (Wildman–Crippen LogP) is 3.66. The zero-order chi connectivity index (χ0) is 20.1. The largest absolute Gasteiger partial charge is 0.493 e. The molecule has 1 N–H and O–H groups in total. The molecule has 1 aliphatic carbocycles. The molecule has 0 heterocycles. The van der Waals surface area contributed by atoms with Crippen LogP contribution in [0.1, 0.15) is 30.0 Å². The first-order chi connectivity index (χ1) is 13.6. The summed E-state index contributed by atoms with van der Waals surface area (Å²) in [6.07, 6.45) is 3.17. The number of hydrogen-bond donors (Lipinski definition) is 1. The Morgan fingerprint density at radius 2 is 1.79 bits per heavy atom. The van der Waals surface area contributed by atoms with Gasteiger partial charge in [0.1, 0.15) is 0 Å². The van der Waals surface area contributed by atoms with Gasteiger partial charge in [0.05, 0.1) is 33.9 Å². The van der Waals surface area contributed by atoms with E-state index in [1.807, 2.05) is 18.0 Å². The molecular weight excluding hydrogens is 356 g/mol. The number of fused-ring (bicyclic) bond motifs is 1. The van der Waals surface area contributed by atoms with Gasteiger partial charge in [0, 0.05) is 24.9 Å². The summed E-state index contributed by atoms with van der Waals surface area (Å²) in [5.74, 6) is 1.66. The van der Waals surface area contributed by atoms with Crippen LogP contribution in [-0.4, -0.2) is 45.7 Å². The Balaban J connectivity index is 1.71. The van der Waals surface area contributed by atoms with E-state index in [0.29, 0.717) is 17.2 Å². The fraction of sp³-hybridized carbons (Fsp3) is 0.409. The molecule has 0 aromatic heterocycles. The third-order valence-corrected chi connectivity index (χ3v) is 5.31. The van der Waals surface area contributed by atoms with Crippen LogP contribution in [0.4, 0.5) is 5.69 Å². The van der Waals surface area contributed by atoms with Crippen LogP contribution in [0.3, 0.4) is 0 Å². The highest BCUT2D eigenvalue weighted by Gasteiger charge is 2.26. The Hall–Kier alpha value is -2.89. The van der Waals surface area contributed by atoms with E-state index in [0.717, 1.165) is 24.9 Å². The molecule has 1 atom stereocenters. The third kappa shape index (κ3) is 4.01. The lowest BCUT2D eigenvalue weighted by Crippen LogP contribution is -2.37. The maximum absolute atomic E-state index is 12.8. The van der Waals surface area contributed by atoms with Gasteiger partial charge in [0.15, 0.2) is 11.5 Å². The van der Waals surface area contributed by atoms with Crippen LogP contribution >= 0.6 is 0 Å². The summed E-state index contributed by atoms with van der Waals surface area (Å²) in [7, 11) is 6.58. The van der Waals surface area contributed by atoms with Crippen molar-refractivity contribution in [2.45, 2.75) is 25.3 Å². The van der Waals surface area contributed by atoms with Crippen LogP contribution in [-0.2, 0) is 11.2 Å². The van der Waals surface area contributed by atoms with Gasteiger partial charge < -0.3 is 24.4 Å². The first kappa shape index (κ1) is 19.9. The lowest BCUT2D eigenvalue weighted by Gasteiger charge is -2.33. The molecule has 6 heteroatoms. The third-order valence-electron chi connectivity index (χ3n) is 5.31. The van der Waals surface area contributed by atoms with Crippen molar-refractivity contribution >= 4 is 11.6 Å². The Morgan fingerprint density at radius 1 is 1.11 bits per heavy atom. The molecular formula is C22H28N2O4. The van der Waals surface area contributed by atoms with Gasteiger partial charge >= 0.3 is 0 Å². The van der Waals surface area contributed by atoms with E-state index in [-0.39, 0.29) is 18.5 Å². The molecule has 0 spiro atoms. The quantitative estimate of drug-likeness (QED) is 0.789. The second-order valence-electron chi connectivity index (χ2n) is 6.88. The smallest absolute Gasteiger partial charge is 0.242 e. The molecule has 0 radical (unpaired) electrons. The van der Waals surface area contributed by atoms with Gasteiger partial charge in [-0.1, -0.05) is 24.3 Å². The minimum absolute atomic E-state index is 0.0375. The van der Waals surface area contributed by atoms with Crippen molar-refractivity contribution in [3.63, 3.8) is 0 Å². The first-order valence-corrected chi connectivity index (χ1v) is 9.46. The Morgan fingerprint density at radius 3 is 2.43 bits per heavy atom. The van der Waals surface area contributed by atoms with Gasteiger partial charge in [-0.15, -0.1) is 0 Å². The molecule has 0 fully saturated rings. The number of hydrogen-bond acceptors (Lipinski definition) is 5. The SMILES string of the molecule is COc1cc(NCC(=O)N(C)C2CCCc3ccccc32)cc(OC)c1OC. The molecule has 150 valence electrons. The number of aryl methyl sites for hydroxylation is 1. The molecule has 0 saturated heterocycles.